The molecule has 4 heterocycles. The fourth-order valence-corrected chi connectivity index (χ4v) is 5.39. The molecular weight excluding hydrogens is 497 g/mol. The van der Waals surface area contributed by atoms with Gasteiger partial charge in [-0.2, -0.15) is 5.26 Å². The zero-order valence-electron chi connectivity index (χ0n) is 21.0. The minimum absolute atomic E-state index is 0.250. The highest BCUT2D eigenvalue weighted by Crippen LogP contribution is 2.43. The van der Waals surface area contributed by atoms with Crippen LogP contribution in [-0.4, -0.2) is 19.5 Å². The first kappa shape index (κ1) is 23.2. The summed E-state index contributed by atoms with van der Waals surface area (Å²) in [6.45, 7) is 2.09. The Hall–Kier alpha value is -4.97. The minimum atomic E-state index is -0.647. The van der Waals surface area contributed by atoms with Crippen LogP contribution in [0.15, 0.2) is 64.0 Å². The Balaban J connectivity index is 1.35. The Morgan fingerprint density at radius 3 is 2.79 bits per heavy atom. The van der Waals surface area contributed by atoms with E-state index in [4.69, 9.17) is 14.2 Å². The number of nitriles is 1. The van der Waals surface area contributed by atoms with Gasteiger partial charge in [-0.3, -0.25) is 9.51 Å². The molecule has 1 N–H and O–H groups in total. The van der Waals surface area contributed by atoms with Crippen LogP contribution in [0, 0.1) is 17.1 Å². The van der Waals surface area contributed by atoms with E-state index in [2.05, 4.69) is 32.7 Å². The van der Waals surface area contributed by atoms with Gasteiger partial charge in [-0.1, -0.05) is 23.4 Å². The summed E-state index contributed by atoms with van der Waals surface area (Å²) >= 11 is 0. The van der Waals surface area contributed by atoms with Gasteiger partial charge in [0.05, 0.1) is 23.0 Å². The van der Waals surface area contributed by atoms with Crippen LogP contribution < -0.4 is 10.5 Å². The number of benzene rings is 2. The normalized spacial score (nSPS) is 15.7. The second-order valence-corrected chi connectivity index (χ2v) is 10.0. The molecule has 0 bridgehead atoms. The molecule has 0 spiro atoms. The maximum absolute atomic E-state index is 14.2. The number of rotatable bonds is 4. The second kappa shape index (κ2) is 8.81. The van der Waals surface area contributed by atoms with E-state index < -0.39 is 11.6 Å². The number of nitrogens with zero attached hydrogens (tertiary/aromatic N) is 4. The molecule has 0 unspecified atom stereocenters. The van der Waals surface area contributed by atoms with Gasteiger partial charge >= 0.3 is 5.76 Å². The Bertz CT molecular complexity index is 1920. The van der Waals surface area contributed by atoms with Crippen molar-refractivity contribution in [3.63, 3.8) is 0 Å². The van der Waals surface area contributed by atoms with E-state index in [-0.39, 0.29) is 6.61 Å². The van der Waals surface area contributed by atoms with Crippen molar-refractivity contribution < 1.29 is 13.7 Å². The van der Waals surface area contributed by atoms with E-state index in [1.165, 1.54) is 12.1 Å². The molecule has 0 saturated heterocycles. The summed E-state index contributed by atoms with van der Waals surface area (Å²) in [5.74, 6) is 0.122. The lowest BCUT2D eigenvalue weighted by molar-refractivity contribution is 0.305. The van der Waals surface area contributed by atoms with Gasteiger partial charge in [0, 0.05) is 35.7 Å². The summed E-state index contributed by atoms with van der Waals surface area (Å²) in [5, 5.41) is 13.2. The number of H-pyrrole nitrogens is 1. The minimum Gasteiger partial charge on any atom is -0.488 e. The Labute approximate surface area is 222 Å². The maximum Gasteiger partial charge on any atom is 0.439 e. The van der Waals surface area contributed by atoms with Crippen LogP contribution in [0.25, 0.3) is 16.8 Å². The molecule has 2 aliphatic rings. The Morgan fingerprint density at radius 2 is 2.03 bits per heavy atom. The van der Waals surface area contributed by atoms with E-state index >= 15 is 0 Å². The van der Waals surface area contributed by atoms with Gasteiger partial charge < -0.3 is 9.14 Å². The van der Waals surface area contributed by atoms with Gasteiger partial charge in [-0.05, 0) is 66.3 Å². The van der Waals surface area contributed by atoms with Crippen LogP contribution in [0.2, 0.25) is 0 Å². The van der Waals surface area contributed by atoms with E-state index in [9.17, 15) is 14.4 Å². The predicted molar refractivity (Wildman–Crippen MR) is 141 cm³/mol. The molecule has 8 nitrogen and oxygen atoms in total. The van der Waals surface area contributed by atoms with Crippen molar-refractivity contribution in [2.75, 3.05) is 0 Å². The average molecular weight is 520 g/mol. The first-order chi connectivity index (χ1) is 19.0. The molecule has 2 aromatic carbocycles. The number of nitrogens with one attached hydrogen (secondary N) is 1. The number of ether oxygens (including phenoxy) is 1. The molecule has 1 fully saturated rings. The van der Waals surface area contributed by atoms with Crippen molar-refractivity contribution in [1.29, 1.82) is 5.26 Å². The van der Waals surface area contributed by atoms with E-state index in [1.807, 2.05) is 31.3 Å². The number of fused-ring (bicyclic) bond motifs is 3. The highest BCUT2D eigenvalue weighted by molar-refractivity contribution is 5.99. The second-order valence-electron chi connectivity index (χ2n) is 10.0. The van der Waals surface area contributed by atoms with Crippen LogP contribution in [0.1, 0.15) is 70.7 Å². The number of halogens is 1. The third-order valence-corrected chi connectivity index (χ3v) is 7.43. The summed E-state index contributed by atoms with van der Waals surface area (Å²) in [4.78, 5) is 19.2. The number of hydrogen-bond donors (Lipinski definition) is 1. The summed E-state index contributed by atoms with van der Waals surface area (Å²) in [6, 6.07) is 16.5. The van der Waals surface area contributed by atoms with E-state index in [0.717, 1.165) is 52.1 Å². The quantitative estimate of drug-likeness (QED) is 0.342. The molecule has 9 heteroatoms. The molecule has 1 aliphatic carbocycles. The Kier molecular flexibility index (Phi) is 5.23. The molecule has 39 heavy (non-hydrogen) atoms. The molecule has 1 aliphatic heterocycles. The number of hydrogen-bond acceptors (Lipinski definition) is 6. The molecule has 3 aromatic heterocycles. The van der Waals surface area contributed by atoms with Crippen LogP contribution in [0.3, 0.4) is 0 Å². The highest BCUT2D eigenvalue weighted by Gasteiger charge is 2.30. The van der Waals surface area contributed by atoms with Crippen LogP contribution in [0.4, 0.5) is 4.39 Å². The van der Waals surface area contributed by atoms with Crippen molar-refractivity contribution in [3.05, 3.63) is 116 Å². The monoisotopic (exact) mass is 519 g/mol. The first-order valence-corrected chi connectivity index (χ1v) is 12.7. The molecule has 192 valence electrons. The lowest BCUT2D eigenvalue weighted by Gasteiger charge is -2.14. The lowest BCUT2D eigenvalue weighted by atomic mass is 9.89. The SMILES string of the molecule is C/C(=C1/c2ccc(Cc3c(C4CC4)nc4cc(C#N)ccn34)cc2COc2cc(F)ccc21)c1noc(=O)[nH]1. The van der Waals surface area contributed by atoms with Gasteiger partial charge in [-0.25, -0.2) is 14.2 Å². The van der Waals surface area contributed by atoms with Crippen molar-refractivity contribution in [3.8, 4) is 11.8 Å². The van der Waals surface area contributed by atoms with Crippen LogP contribution in [-0.2, 0) is 13.0 Å². The number of aromatic amines is 1. The molecule has 1 saturated carbocycles. The number of imidazole rings is 1. The topological polar surface area (TPSA) is 109 Å². The molecular formula is C30H22FN5O3. The van der Waals surface area contributed by atoms with Crippen molar-refractivity contribution in [2.45, 2.75) is 38.7 Å². The van der Waals surface area contributed by atoms with Crippen molar-refractivity contribution >= 4 is 16.8 Å². The summed E-state index contributed by atoms with van der Waals surface area (Å²) in [5.41, 5.74) is 8.65. The summed E-state index contributed by atoms with van der Waals surface area (Å²) in [7, 11) is 0. The van der Waals surface area contributed by atoms with Crippen LogP contribution >= 0.6 is 0 Å². The van der Waals surface area contributed by atoms with Crippen molar-refractivity contribution in [1.82, 2.24) is 19.5 Å². The number of aromatic nitrogens is 4. The third kappa shape index (κ3) is 4.01. The highest BCUT2D eigenvalue weighted by atomic mass is 19.1. The lowest BCUT2D eigenvalue weighted by Crippen LogP contribution is -2.02. The van der Waals surface area contributed by atoms with Gasteiger partial charge in [-0.15, -0.1) is 0 Å². The van der Waals surface area contributed by atoms with Crippen molar-refractivity contribution in [2.24, 2.45) is 0 Å². The zero-order chi connectivity index (χ0) is 26.7. The summed E-state index contributed by atoms with van der Waals surface area (Å²) in [6.07, 6.45) is 4.81. The maximum atomic E-state index is 14.2. The van der Waals surface area contributed by atoms with E-state index in [1.54, 1.807) is 6.07 Å². The summed E-state index contributed by atoms with van der Waals surface area (Å²) < 4.78 is 27.1. The van der Waals surface area contributed by atoms with Gasteiger partial charge in [0.2, 0.25) is 0 Å². The Morgan fingerprint density at radius 1 is 1.18 bits per heavy atom. The number of pyridine rings is 1. The largest absolute Gasteiger partial charge is 0.488 e. The zero-order valence-corrected chi connectivity index (χ0v) is 21.0. The molecule has 7 rings (SSSR count). The van der Waals surface area contributed by atoms with Gasteiger partial charge in [0.25, 0.3) is 0 Å². The average Bonchev–Trinajstić information content (AvgIpc) is 3.63. The molecule has 5 aromatic rings. The van der Waals surface area contributed by atoms with Gasteiger partial charge in [0.15, 0.2) is 5.82 Å². The molecule has 0 amide bonds. The number of allylic oxidation sites excluding steroid dienone is 1. The van der Waals surface area contributed by atoms with Gasteiger partial charge in [0.1, 0.15) is 23.8 Å². The smallest absolute Gasteiger partial charge is 0.439 e. The molecule has 0 radical (unpaired) electrons. The van der Waals surface area contributed by atoms with Crippen LogP contribution in [0.5, 0.6) is 5.75 Å². The fourth-order valence-electron chi connectivity index (χ4n) is 5.39. The first-order valence-electron chi connectivity index (χ1n) is 12.7. The van der Waals surface area contributed by atoms with E-state index in [0.29, 0.717) is 40.6 Å². The fraction of sp³-hybridized carbons (Fsp3) is 0.200. The predicted octanol–water partition coefficient (Wildman–Crippen LogP) is 5.36. The standard InChI is InChI=1S/C30H22FN5O3/c1-16(29-34-30(37)39-35-29)27-22-6-2-17(10-20(22)15-38-25-13-21(31)5-7-23(25)27)11-24-28(19-3-4-19)33-26-12-18(14-32)8-9-36(24)26/h2,5-10,12-13,19H,3-4,11,15H2,1H3,(H,34,35,37)/b27-16+. The molecule has 0 atom stereocenters. The third-order valence-electron chi connectivity index (χ3n) is 7.43.